The Balaban J connectivity index is 1.62. The molecular formula is C19H24N4O. The minimum atomic E-state index is 0.556. The Morgan fingerprint density at radius 3 is 2.50 bits per heavy atom. The van der Waals surface area contributed by atoms with Crippen LogP contribution in [-0.2, 0) is 11.2 Å². The molecular weight excluding hydrogens is 300 g/mol. The van der Waals surface area contributed by atoms with Crippen molar-refractivity contribution in [1.29, 1.82) is 0 Å². The van der Waals surface area contributed by atoms with Crippen molar-refractivity contribution in [2.75, 3.05) is 42.6 Å². The van der Waals surface area contributed by atoms with E-state index in [4.69, 9.17) is 9.72 Å². The quantitative estimate of drug-likeness (QED) is 0.867. The van der Waals surface area contributed by atoms with Gasteiger partial charge in [-0.05, 0) is 30.0 Å². The number of fused-ring (bicyclic) bond motifs is 1. The first-order chi connectivity index (χ1) is 11.7. The SMILES string of the molecule is CC(C)c1ccc(N2CCc3cnc(N4CCOCC4)nc32)cc1. The van der Waals surface area contributed by atoms with E-state index >= 15 is 0 Å². The number of nitrogens with zero attached hydrogens (tertiary/aromatic N) is 4. The van der Waals surface area contributed by atoms with Gasteiger partial charge in [-0.15, -0.1) is 0 Å². The Kier molecular flexibility index (Phi) is 4.10. The van der Waals surface area contributed by atoms with Gasteiger partial charge in [-0.25, -0.2) is 4.98 Å². The van der Waals surface area contributed by atoms with Crippen LogP contribution in [0.15, 0.2) is 30.5 Å². The summed E-state index contributed by atoms with van der Waals surface area (Å²) in [6, 6.07) is 8.87. The van der Waals surface area contributed by atoms with Gasteiger partial charge in [0.2, 0.25) is 5.95 Å². The monoisotopic (exact) mass is 324 g/mol. The Morgan fingerprint density at radius 2 is 1.79 bits per heavy atom. The summed E-state index contributed by atoms with van der Waals surface area (Å²) in [5.41, 5.74) is 3.82. The molecule has 0 atom stereocenters. The molecule has 0 amide bonds. The summed E-state index contributed by atoms with van der Waals surface area (Å²) < 4.78 is 5.43. The predicted octanol–water partition coefficient (Wildman–Crippen LogP) is 3.13. The van der Waals surface area contributed by atoms with Crippen molar-refractivity contribution in [1.82, 2.24) is 9.97 Å². The van der Waals surface area contributed by atoms with Crippen LogP contribution in [0.5, 0.6) is 0 Å². The van der Waals surface area contributed by atoms with Crippen LogP contribution in [0.1, 0.15) is 30.9 Å². The average Bonchev–Trinajstić information content (AvgIpc) is 3.05. The summed E-state index contributed by atoms with van der Waals surface area (Å²) in [6.45, 7) is 8.65. The molecule has 0 N–H and O–H groups in total. The number of ether oxygens (including phenoxy) is 1. The molecule has 5 heteroatoms. The van der Waals surface area contributed by atoms with E-state index in [0.29, 0.717) is 5.92 Å². The lowest BCUT2D eigenvalue weighted by atomic mass is 10.0. The second-order valence-electron chi connectivity index (χ2n) is 6.77. The van der Waals surface area contributed by atoms with Crippen molar-refractivity contribution in [3.05, 3.63) is 41.6 Å². The lowest BCUT2D eigenvalue weighted by Gasteiger charge is -2.27. The molecule has 2 aromatic rings. The Labute approximate surface area is 143 Å². The van der Waals surface area contributed by atoms with E-state index in [-0.39, 0.29) is 0 Å². The third-order valence-electron chi connectivity index (χ3n) is 4.85. The molecule has 5 nitrogen and oxygen atoms in total. The number of hydrogen-bond donors (Lipinski definition) is 0. The number of morpholine rings is 1. The lowest BCUT2D eigenvalue weighted by molar-refractivity contribution is 0.122. The fourth-order valence-electron chi connectivity index (χ4n) is 3.34. The standard InChI is InChI=1S/C19H24N4O/c1-14(2)15-3-5-17(6-4-15)23-8-7-16-13-20-19(21-18(16)23)22-9-11-24-12-10-22/h3-6,13-14H,7-12H2,1-2H3. The molecule has 1 fully saturated rings. The van der Waals surface area contributed by atoms with Crippen molar-refractivity contribution in [3.63, 3.8) is 0 Å². The zero-order valence-electron chi connectivity index (χ0n) is 14.4. The summed E-state index contributed by atoms with van der Waals surface area (Å²) in [7, 11) is 0. The second kappa shape index (κ2) is 6.40. The molecule has 0 saturated carbocycles. The highest BCUT2D eigenvalue weighted by Gasteiger charge is 2.25. The number of aromatic nitrogens is 2. The van der Waals surface area contributed by atoms with E-state index in [9.17, 15) is 0 Å². The van der Waals surface area contributed by atoms with Crippen molar-refractivity contribution in [2.24, 2.45) is 0 Å². The molecule has 2 aliphatic rings. The van der Waals surface area contributed by atoms with Gasteiger partial charge in [0.25, 0.3) is 0 Å². The van der Waals surface area contributed by atoms with Crippen molar-refractivity contribution in [3.8, 4) is 0 Å². The number of hydrogen-bond acceptors (Lipinski definition) is 5. The number of anilines is 3. The largest absolute Gasteiger partial charge is 0.378 e. The summed E-state index contributed by atoms with van der Waals surface area (Å²) in [5.74, 6) is 2.44. The Hall–Kier alpha value is -2.14. The van der Waals surface area contributed by atoms with E-state index in [2.05, 4.69) is 52.9 Å². The highest BCUT2D eigenvalue weighted by Crippen LogP contribution is 2.34. The molecule has 126 valence electrons. The maximum Gasteiger partial charge on any atom is 0.227 e. The van der Waals surface area contributed by atoms with Crippen LogP contribution >= 0.6 is 0 Å². The number of rotatable bonds is 3. The molecule has 0 bridgehead atoms. The average molecular weight is 324 g/mol. The molecule has 3 heterocycles. The van der Waals surface area contributed by atoms with Crippen molar-refractivity contribution >= 4 is 17.5 Å². The summed E-state index contributed by atoms with van der Waals surface area (Å²) in [5, 5.41) is 0. The van der Waals surface area contributed by atoms with Crippen molar-refractivity contribution < 1.29 is 4.74 Å². The second-order valence-corrected chi connectivity index (χ2v) is 6.77. The molecule has 1 saturated heterocycles. The maximum atomic E-state index is 5.43. The van der Waals surface area contributed by atoms with E-state index in [0.717, 1.165) is 51.0 Å². The van der Waals surface area contributed by atoms with Crippen LogP contribution in [0.2, 0.25) is 0 Å². The smallest absolute Gasteiger partial charge is 0.227 e. The number of benzene rings is 1. The highest BCUT2D eigenvalue weighted by molar-refractivity contribution is 5.67. The van der Waals surface area contributed by atoms with Gasteiger partial charge in [0, 0.05) is 37.1 Å². The molecule has 0 radical (unpaired) electrons. The summed E-state index contributed by atoms with van der Waals surface area (Å²) >= 11 is 0. The van der Waals surface area contributed by atoms with E-state index in [1.807, 2.05) is 6.20 Å². The van der Waals surface area contributed by atoms with Gasteiger partial charge in [0.1, 0.15) is 5.82 Å². The van der Waals surface area contributed by atoms with Gasteiger partial charge in [0.15, 0.2) is 0 Å². The third-order valence-corrected chi connectivity index (χ3v) is 4.85. The molecule has 0 unspecified atom stereocenters. The van der Waals surface area contributed by atoms with E-state index in [1.165, 1.54) is 16.8 Å². The molecule has 2 aliphatic heterocycles. The fraction of sp³-hybridized carbons (Fsp3) is 0.474. The first-order valence-corrected chi connectivity index (χ1v) is 8.78. The summed E-state index contributed by atoms with van der Waals surface area (Å²) in [4.78, 5) is 14.0. The van der Waals surface area contributed by atoms with Gasteiger partial charge < -0.3 is 14.5 Å². The van der Waals surface area contributed by atoms with Crippen LogP contribution < -0.4 is 9.80 Å². The third kappa shape index (κ3) is 2.84. The van der Waals surface area contributed by atoms with Crippen LogP contribution in [0.4, 0.5) is 17.5 Å². The van der Waals surface area contributed by atoms with Gasteiger partial charge >= 0.3 is 0 Å². The van der Waals surface area contributed by atoms with Gasteiger partial charge in [0.05, 0.1) is 13.2 Å². The fourth-order valence-corrected chi connectivity index (χ4v) is 3.34. The first-order valence-electron chi connectivity index (χ1n) is 8.78. The molecule has 0 aliphatic carbocycles. The van der Waals surface area contributed by atoms with Gasteiger partial charge in [-0.3, -0.25) is 0 Å². The first kappa shape index (κ1) is 15.4. The maximum absolute atomic E-state index is 5.43. The van der Waals surface area contributed by atoms with E-state index < -0.39 is 0 Å². The zero-order chi connectivity index (χ0) is 16.5. The van der Waals surface area contributed by atoms with Crippen LogP contribution in [0.3, 0.4) is 0 Å². The van der Waals surface area contributed by atoms with Gasteiger partial charge in [-0.2, -0.15) is 4.98 Å². The minimum Gasteiger partial charge on any atom is -0.378 e. The molecule has 24 heavy (non-hydrogen) atoms. The molecule has 1 aromatic carbocycles. The summed E-state index contributed by atoms with van der Waals surface area (Å²) in [6.07, 6.45) is 3.00. The normalized spacial score (nSPS) is 17.5. The van der Waals surface area contributed by atoms with Crippen molar-refractivity contribution in [2.45, 2.75) is 26.2 Å². The molecule has 0 spiro atoms. The topological polar surface area (TPSA) is 41.5 Å². The zero-order valence-corrected chi connectivity index (χ0v) is 14.4. The van der Waals surface area contributed by atoms with Crippen LogP contribution in [-0.4, -0.2) is 42.8 Å². The molecule has 1 aromatic heterocycles. The highest BCUT2D eigenvalue weighted by atomic mass is 16.5. The minimum absolute atomic E-state index is 0.556. The van der Waals surface area contributed by atoms with E-state index in [1.54, 1.807) is 0 Å². The Morgan fingerprint density at radius 1 is 1.04 bits per heavy atom. The van der Waals surface area contributed by atoms with Gasteiger partial charge in [-0.1, -0.05) is 26.0 Å². The van der Waals surface area contributed by atoms with Crippen LogP contribution in [0.25, 0.3) is 0 Å². The molecule has 4 rings (SSSR count). The van der Waals surface area contributed by atoms with Crippen LogP contribution in [0, 0.1) is 0 Å². The Bertz CT molecular complexity index is 708. The lowest BCUT2D eigenvalue weighted by Crippen LogP contribution is -2.37. The predicted molar refractivity (Wildman–Crippen MR) is 96.3 cm³/mol.